The van der Waals surface area contributed by atoms with Crippen LogP contribution in [-0.4, -0.2) is 37.6 Å². The second-order valence-corrected chi connectivity index (χ2v) is 9.67. The normalized spacial score (nSPS) is 14.1. The van der Waals surface area contributed by atoms with Crippen LogP contribution in [0.2, 0.25) is 5.02 Å². The third kappa shape index (κ3) is 6.25. The van der Waals surface area contributed by atoms with Crippen molar-refractivity contribution < 1.29 is 22.8 Å². The van der Waals surface area contributed by atoms with Gasteiger partial charge in [-0.05, 0) is 55.3 Å². The number of nitrogens with one attached hydrogen (secondary N) is 4. The van der Waals surface area contributed by atoms with Crippen LogP contribution in [0, 0.1) is 0 Å². The Morgan fingerprint density at radius 2 is 1.57 bits per heavy atom. The number of carbonyl (C=O) groups excluding carboxylic acids is 2. The first-order valence-corrected chi connectivity index (χ1v) is 12.9. The van der Waals surface area contributed by atoms with Crippen LogP contribution in [0.25, 0.3) is 16.9 Å². The van der Waals surface area contributed by atoms with Crippen molar-refractivity contribution in [3.63, 3.8) is 0 Å². The molecule has 1 saturated carbocycles. The molecule has 208 valence electrons. The Hall–Kier alpha value is -4.39. The SMILES string of the molecule is O=C(Nc1ccc(-n2cnc3c(NC(=O)NC4CCCCC4)ncnc32)cc1)Nc1ccc(Cl)c(C(F)(F)F)c1. The first kappa shape index (κ1) is 27.2. The van der Waals surface area contributed by atoms with Crippen molar-refractivity contribution in [2.75, 3.05) is 16.0 Å². The summed E-state index contributed by atoms with van der Waals surface area (Å²) in [4.78, 5) is 37.7. The Morgan fingerprint density at radius 3 is 2.30 bits per heavy atom. The number of fused-ring (bicyclic) bond motifs is 1. The standard InChI is InChI=1S/C26H24ClF3N8O2/c27-20-11-8-17(12-19(20)26(28,29)30)36-24(39)35-16-6-9-18(10-7-16)38-14-33-21-22(31-13-32-23(21)38)37-25(40)34-15-4-2-1-3-5-15/h6-15H,1-5H2,(H2,35,36,39)(H2,31,32,34,37,40). The van der Waals surface area contributed by atoms with Gasteiger partial charge in [0.1, 0.15) is 12.7 Å². The molecular formula is C26H24ClF3N8O2. The molecule has 14 heteroatoms. The molecule has 0 spiro atoms. The van der Waals surface area contributed by atoms with Gasteiger partial charge < -0.3 is 16.0 Å². The maximum atomic E-state index is 13.1. The van der Waals surface area contributed by atoms with E-state index < -0.39 is 22.8 Å². The average molecular weight is 573 g/mol. The molecule has 0 radical (unpaired) electrons. The summed E-state index contributed by atoms with van der Waals surface area (Å²) in [5.41, 5.74) is 0.821. The molecule has 4 aromatic rings. The van der Waals surface area contributed by atoms with Gasteiger partial charge >= 0.3 is 18.2 Å². The molecule has 0 bridgehead atoms. The number of imidazole rings is 1. The van der Waals surface area contributed by atoms with Gasteiger partial charge in [-0.1, -0.05) is 30.9 Å². The second kappa shape index (κ2) is 11.4. The zero-order valence-electron chi connectivity index (χ0n) is 20.9. The molecule has 10 nitrogen and oxygen atoms in total. The zero-order valence-corrected chi connectivity index (χ0v) is 21.7. The lowest BCUT2D eigenvalue weighted by Gasteiger charge is -2.22. The van der Waals surface area contributed by atoms with Gasteiger partial charge in [0.05, 0.1) is 10.6 Å². The predicted molar refractivity (Wildman–Crippen MR) is 145 cm³/mol. The highest BCUT2D eigenvalue weighted by Gasteiger charge is 2.33. The number of hydrogen-bond acceptors (Lipinski definition) is 5. The average Bonchev–Trinajstić information content (AvgIpc) is 3.35. The lowest BCUT2D eigenvalue weighted by Crippen LogP contribution is -2.39. The summed E-state index contributed by atoms with van der Waals surface area (Å²) in [6, 6.07) is 8.80. The van der Waals surface area contributed by atoms with Gasteiger partial charge in [-0.3, -0.25) is 9.88 Å². The summed E-state index contributed by atoms with van der Waals surface area (Å²) in [5.74, 6) is 0.280. The monoisotopic (exact) mass is 572 g/mol. The van der Waals surface area contributed by atoms with Crippen molar-refractivity contribution in [2.24, 2.45) is 0 Å². The molecule has 4 N–H and O–H groups in total. The zero-order chi connectivity index (χ0) is 28.3. The number of carbonyl (C=O) groups is 2. The van der Waals surface area contributed by atoms with Gasteiger partial charge in [-0.15, -0.1) is 0 Å². The van der Waals surface area contributed by atoms with Crippen LogP contribution in [0.15, 0.2) is 55.1 Å². The Balaban J connectivity index is 1.25. The number of aromatic nitrogens is 4. The molecule has 0 atom stereocenters. The van der Waals surface area contributed by atoms with Gasteiger partial charge in [-0.25, -0.2) is 24.5 Å². The largest absolute Gasteiger partial charge is 0.417 e. The summed E-state index contributed by atoms with van der Waals surface area (Å²) in [6.07, 6.45) is 3.50. The summed E-state index contributed by atoms with van der Waals surface area (Å²) < 4.78 is 40.9. The van der Waals surface area contributed by atoms with Crippen LogP contribution in [-0.2, 0) is 6.18 Å². The lowest BCUT2D eigenvalue weighted by molar-refractivity contribution is -0.137. The fraction of sp³-hybridized carbons (Fsp3) is 0.269. The molecule has 2 heterocycles. The molecule has 1 fully saturated rings. The first-order chi connectivity index (χ1) is 19.2. The smallest absolute Gasteiger partial charge is 0.335 e. The Labute approximate surface area is 231 Å². The van der Waals surface area contributed by atoms with E-state index in [1.54, 1.807) is 28.8 Å². The quantitative estimate of drug-likeness (QED) is 0.215. The van der Waals surface area contributed by atoms with Crippen LogP contribution < -0.4 is 21.3 Å². The summed E-state index contributed by atoms with van der Waals surface area (Å²) in [7, 11) is 0. The fourth-order valence-corrected chi connectivity index (χ4v) is 4.73. The molecule has 0 saturated heterocycles. The van der Waals surface area contributed by atoms with E-state index in [1.807, 2.05) is 0 Å². The number of alkyl halides is 3. The molecule has 0 unspecified atom stereocenters. The van der Waals surface area contributed by atoms with Crippen LogP contribution in [0.3, 0.4) is 0 Å². The van der Waals surface area contributed by atoms with E-state index in [9.17, 15) is 22.8 Å². The molecule has 2 aromatic carbocycles. The van der Waals surface area contributed by atoms with Crippen molar-refractivity contribution in [1.82, 2.24) is 24.8 Å². The lowest BCUT2D eigenvalue weighted by atomic mass is 9.96. The Morgan fingerprint density at radius 1 is 0.875 bits per heavy atom. The van der Waals surface area contributed by atoms with Crippen molar-refractivity contribution >= 4 is 52.0 Å². The van der Waals surface area contributed by atoms with Crippen molar-refractivity contribution in [3.05, 3.63) is 65.7 Å². The van der Waals surface area contributed by atoms with E-state index in [2.05, 4.69) is 36.2 Å². The molecule has 5 rings (SSSR count). The maximum Gasteiger partial charge on any atom is 0.417 e. The Bertz CT molecular complexity index is 1540. The summed E-state index contributed by atoms with van der Waals surface area (Å²) in [5, 5.41) is 10.2. The number of anilines is 3. The minimum absolute atomic E-state index is 0.0627. The highest BCUT2D eigenvalue weighted by atomic mass is 35.5. The molecule has 0 aliphatic heterocycles. The van der Waals surface area contributed by atoms with Gasteiger partial charge in [-0.2, -0.15) is 13.2 Å². The van der Waals surface area contributed by atoms with Crippen molar-refractivity contribution in [1.29, 1.82) is 0 Å². The summed E-state index contributed by atoms with van der Waals surface area (Å²) in [6.45, 7) is 0. The summed E-state index contributed by atoms with van der Waals surface area (Å²) >= 11 is 5.62. The maximum absolute atomic E-state index is 13.1. The molecule has 1 aliphatic rings. The number of hydrogen-bond donors (Lipinski definition) is 4. The van der Waals surface area contributed by atoms with Crippen LogP contribution in [0.1, 0.15) is 37.7 Å². The van der Waals surface area contributed by atoms with Crippen molar-refractivity contribution in [3.8, 4) is 5.69 Å². The molecule has 40 heavy (non-hydrogen) atoms. The van der Waals surface area contributed by atoms with E-state index in [0.29, 0.717) is 22.5 Å². The minimum Gasteiger partial charge on any atom is -0.335 e. The molecule has 4 amide bonds. The Kier molecular flexibility index (Phi) is 7.74. The second-order valence-electron chi connectivity index (χ2n) is 9.26. The van der Waals surface area contributed by atoms with E-state index in [1.165, 1.54) is 25.1 Å². The third-order valence-electron chi connectivity index (χ3n) is 6.44. The molecular weight excluding hydrogens is 549 g/mol. The predicted octanol–water partition coefficient (Wildman–Crippen LogP) is 6.59. The highest BCUT2D eigenvalue weighted by molar-refractivity contribution is 6.31. The number of amides is 4. The van der Waals surface area contributed by atoms with Crippen molar-refractivity contribution in [2.45, 2.75) is 44.3 Å². The first-order valence-electron chi connectivity index (χ1n) is 12.5. The van der Waals surface area contributed by atoms with Gasteiger partial charge in [0.15, 0.2) is 17.0 Å². The van der Waals surface area contributed by atoms with Gasteiger partial charge in [0.25, 0.3) is 0 Å². The van der Waals surface area contributed by atoms with Gasteiger partial charge in [0, 0.05) is 23.1 Å². The van der Waals surface area contributed by atoms with Gasteiger partial charge in [0.2, 0.25) is 0 Å². The van der Waals surface area contributed by atoms with Crippen LogP contribution >= 0.6 is 11.6 Å². The van der Waals surface area contributed by atoms with E-state index >= 15 is 0 Å². The molecule has 1 aliphatic carbocycles. The third-order valence-corrected chi connectivity index (χ3v) is 6.77. The van der Waals surface area contributed by atoms with E-state index in [4.69, 9.17) is 11.6 Å². The highest BCUT2D eigenvalue weighted by Crippen LogP contribution is 2.36. The number of nitrogens with zero attached hydrogens (tertiary/aromatic N) is 4. The van der Waals surface area contributed by atoms with E-state index in [-0.39, 0.29) is 23.6 Å². The van der Waals surface area contributed by atoms with Crippen LogP contribution in [0.4, 0.5) is 40.0 Å². The van der Waals surface area contributed by atoms with E-state index in [0.717, 1.165) is 37.8 Å². The van der Waals surface area contributed by atoms with Crippen LogP contribution in [0.5, 0.6) is 0 Å². The number of rotatable bonds is 5. The fourth-order valence-electron chi connectivity index (χ4n) is 4.51. The number of benzene rings is 2. The molecule has 2 aromatic heterocycles. The number of urea groups is 2. The minimum atomic E-state index is -4.65. The number of halogens is 4. The topological polar surface area (TPSA) is 126 Å².